The first-order valence-corrected chi connectivity index (χ1v) is 12.5. The van der Waals surface area contributed by atoms with E-state index >= 15 is 0 Å². The number of hydrogen-bond donors (Lipinski definition) is 2. The minimum atomic E-state index is -0.147. The highest BCUT2D eigenvalue weighted by atomic mass is 32.1. The van der Waals surface area contributed by atoms with Crippen molar-refractivity contribution in [3.63, 3.8) is 0 Å². The summed E-state index contributed by atoms with van der Waals surface area (Å²) in [6.07, 6.45) is 3.12. The summed E-state index contributed by atoms with van der Waals surface area (Å²) in [5.41, 5.74) is 3.92. The molecule has 0 atom stereocenters. The lowest BCUT2D eigenvalue weighted by molar-refractivity contribution is 0.0934. The van der Waals surface area contributed by atoms with Crippen LogP contribution in [0.5, 0.6) is 0 Å². The molecule has 0 unspecified atom stereocenters. The van der Waals surface area contributed by atoms with Crippen molar-refractivity contribution in [2.24, 2.45) is 0 Å². The van der Waals surface area contributed by atoms with Crippen molar-refractivity contribution in [1.29, 1.82) is 0 Å². The lowest BCUT2D eigenvalue weighted by Crippen LogP contribution is -2.30. The number of nitrogens with one attached hydrogen (secondary N) is 2. The molecule has 0 radical (unpaired) electrons. The molecule has 0 aliphatic rings. The van der Waals surface area contributed by atoms with Crippen molar-refractivity contribution in [1.82, 2.24) is 30.6 Å². The molecule has 0 spiro atoms. The standard InChI is InChI=1S/C24H24N6O2S2/c1-13(2)27-21(31)15-5-7-17(25-9-15)23-29-19(11-33-23)20-12-34-24(30-20)18-8-6-16(10-26-18)22(32)28-14(3)4/h5-14H,1-4H3,(H,27,31)(H,28,32). The van der Waals surface area contributed by atoms with Crippen molar-refractivity contribution < 1.29 is 9.59 Å². The minimum absolute atomic E-state index is 0.0641. The third kappa shape index (κ3) is 5.52. The molecule has 4 heterocycles. The van der Waals surface area contributed by atoms with Crippen LogP contribution in [0.25, 0.3) is 32.8 Å². The maximum atomic E-state index is 12.1. The molecule has 174 valence electrons. The van der Waals surface area contributed by atoms with E-state index in [1.165, 1.54) is 22.7 Å². The van der Waals surface area contributed by atoms with Crippen molar-refractivity contribution in [3.05, 3.63) is 58.5 Å². The molecule has 0 saturated heterocycles. The molecule has 4 rings (SSSR count). The van der Waals surface area contributed by atoms with Gasteiger partial charge in [-0.1, -0.05) is 0 Å². The summed E-state index contributed by atoms with van der Waals surface area (Å²) in [6, 6.07) is 7.22. The van der Waals surface area contributed by atoms with Gasteiger partial charge in [0.25, 0.3) is 11.8 Å². The van der Waals surface area contributed by atoms with Crippen LogP contribution in [0.3, 0.4) is 0 Å². The zero-order chi connectivity index (χ0) is 24.2. The molecule has 0 bridgehead atoms. The molecule has 10 heteroatoms. The van der Waals surface area contributed by atoms with Crippen molar-refractivity contribution in [3.8, 4) is 32.8 Å². The summed E-state index contributed by atoms with van der Waals surface area (Å²) < 4.78 is 0. The number of carbonyl (C=O) groups excluding carboxylic acids is 2. The number of aromatic nitrogens is 4. The molecule has 34 heavy (non-hydrogen) atoms. The van der Waals surface area contributed by atoms with Crippen molar-refractivity contribution in [2.45, 2.75) is 39.8 Å². The second kappa shape index (κ2) is 10.2. The van der Waals surface area contributed by atoms with Gasteiger partial charge in [-0.3, -0.25) is 19.6 Å². The Morgan fingerprint density at radius 3 is 1.41 bits per heavy atom. The predicted octanol–water partition coefficient (Wildman–Crippen LogP) is 4.67. The van der Waals surface area contributed by atoms with Gasteiger partial charge in [-0.05, 0) is 52.0 Å². The van der Waals surface area contributed by atoms with Gasteiger partial charge < -0.3 is 10.6 Å². The quantitative estimate of drug-likeness (QED) is 0.388. The molecule has 4 aromatic rings. The van der Waals surface area contributed by atoms with Gasteiger partial charge in [-0.15, -0.1) is 22.7 Å². The number of amides is 2. The number of hydrogen-bond acceptors (Lipinski definition) is 8. The first-order valence-electron chi connectivity index (χ1n) is 10.8. The van der Waals surface area contributed by atoms with E-state index in [9.17, 15) is 9.59 Å². The Morgan fingerprint density at radius 2 is 1.09 bits per heavy atom. The molecule has 0 aliphatic heterocycles. The number of pyridine rings is 2. The van der Waals surface area contributed by atoms with E-state index in [1.54, 1.807) is 36.7 Å². The normalized spacial score (nSPS) is 11.1. The van der Waals surface area contributed by atoms with Crippen LogP contribution in [-0.2, 0) is 0 Å². The Balaban J connectivity index is 1.47. The van der Waals surface area contributed by atoms with Crippen LogP contribution in [0.2, 0.25) is 0 Å². The highest BCUT2D eigenvalue weighted by Gasteiger charge is 2.14. The molecule has 2 amide bonds. The van der Waals surface area contributed by atoms with Gasteiger partial charge in [-0.2, -0.15) is 0 Å². The average molecular weight is 493 g/mol. The van der Waals surface area contributed by atoms with E-state index in [4.69, 9.17) is 0 Å². The minimum Gasteiger partial charge on any atom is -0.350 e. The Labute approximate surface area is 205 Å². The van der Waals surface area contributed by atoms with Gasteiger partial charge >= 0.3 is 0 Å². The summed E-state index contributed by atoms with van der Waals surface area (Å²) in [5, 5.41) is 11.1. The summed E-state index contributed by atoms with van der Waals surface area (Å²) >= 11 is 2.94. The number of carbonyl (C=O) groups is 2. The molecule has 0 fully saturated rings. The number of rotatable bonds is 7. The lowest BCUT2D eigenvalue weighted by Gasteiger charge is -2.07. The predicted molar refractivity (Wildman–Crippen MR) is 135 cm³/mol. The van der Waals surface area contributed by atoms with E-state index in [0.29, 0.717) is 22.5 Å². The maximum Gasteiger partial charge on any atom is 0.253 e. The number of thiazole rings is 2. The molecule has 8 nitrogen and oxygen atoms in total. The summed E-state index contributed by atoms with van der Waals surface area (Å²) in [5.74, 6) is -0.294. The van der Waals surface area contributed by atoms with Crippen LogP contribution in [0, 0.1) is 0 Å². The lowest BCUT2D eigenvalue weighted by atomic mass is 10.2. The smallest absolute Gasteiger partial charge is 0.253 e. The molecule has 0 aromatic carbocycles. The third-order valence-electron chi connectivity index (χ3n) is 4.60. The molecular weight excluding hydrogens is 468 g/mol. The fourth-order valence-electron chi connectivity index (χ4n) is 3.02. The van der Waals surface area contributed by atoms with E-state index in [2.05, 4.69) is 30.6 Å². The van der Waals surface area contributed by atoms with E-state index in [-0.39, 0.29) is 23.9 Å². The van der Waals surface area contributed by atoms with Crippen molar-refractivity contribution >= 4 is 34.5 Å². The first-order chi connectivity index (χ1) is 16.3. The average Bonchev–Trinajstić information content (AvgIpc) is 3.48. The first kappa shape index (κ1) is 23.7. The third-order valence-corrected chi connectivity index (χ3v) is 6.33. The second-order valence-corrected chi connectivity index (χ2v) is 9.91. The zero-order valence-electron chi connectivity index (χ0n) is 19.2. The highest BCUT2D eigenvalue weighted by molar-refractivity contribution is 7.14. The van der Waals surface area contributed by atoms with Crippen LogP contribution >= 0.6 is 22.7 Å². The molecule has 4 aromatic heterocycles. The second-order valence-electron chi connectivity index (χ2n) is 8.20. The fourth-order valence-corrected chi connectivity index (χ4v) is 4.60. The molecular formula is C24H24N6O2S2. The van der Waals surface area contributed by atoms with Gasteiger partial charge in [0.2, 0.25) is 0 Å². The van der Waals surface area contributed by atoms with Gasteiger partial charge in [-0.25, -0.2) is 9.97 Å². The highest BCUT2D eigenvalue weighted by Crippen LogP contribution is 2.31. The summed E-state index contributed by atoms with van der Waals surface area (Å²) in [6.45, 7) is 7.66. The molecule has 0 aliphatic carbocycles. The Hall–Kier alpha value is -3.50. The van der Waals surface area contributed by atoms with Gasteiger partial charge in [0.15, 0.2) is 0 Å². The summed E-state index contributed by atoms with van der Waals surface area (Å²) in [7, 11) is 0. The van der Waals surface area contributed by atoms with Gasteiger partial charge in [0.05, 0.1) is 22.5 Å². The van der Waals surface area contributed by atoms with Gasteiger partial charge in [0.1, 0.15) is 21.4 Å². The topological polar surface area (TPSA) is 110 Å². The zero-order valence-corrected chi connectivity index (χ0v) is 20.8. The summed E-state index contributed by atoms with van der Waals surface area (Å²) in [4.78, 5) is 42.4. The van der Waals surface area contributed by atoms with Crippen LogP contribution in [-0.4, -0.2) is 43.8 Å². The van der Waals surface area contributed by atoms with Crippen LogP contribution in [0.15, 0.2) is 47.4 Å². The Morgan fingerprint density at radius 1 is 0.676 bits per heavy atom. The fraction of sp³-hybridized carbons (Fsp3) is 0.250. The van der Waals surface area contributed by atoms with Gasteiger partial charge in [0, 0.05) is 35.2 Å². The Kier molecular flexibility index (Phi) is 7.09. The molecule has 2 N–H and O–H groups in total. The van der Waals surface area contributed by atoms with Crippen LogP contribution < -0.4 is 10.6 Å². The SMILES string of the molecule is CC(C)NC(=O)c1ccc(-c2nc(-c3csc(-c4ccc(C(=O)NC(C)C)cn4)n3)cs2)nc1. The van der Waals surface area contributed by atoms with Crippen molar-refractivity contribution in [2.75, 3.05) is 0 Å². The number of nitrogens with zero attached hydrogens (tertiary/aromatic N) is 4. The monoisotopic (exact) mass is 492 g/mol. The largest absolute Gasteiger partial charge is 0.350 e. The van der Waals surface area contributed by atoms with E-state index in [0.717, 1.165) is 21.4 Å². The Bertz CT molecular complexity index is 1190. The van der Waals surface area contributed by atoms with Crippen LogP contribution in [0.4, 0.5) is 0 Å². The van der Waals surface area contributed by atoms with Crippen LogP contribution in [0.1, 0.15) is 48.4 Å². The van der Waals surface area contributed by atoms with E-state index in [1.807, 2.05) is 38.5 Å². The molecule has 0 saturated carbocycles. The van der Waals surface area contributed by atoms with E-state index < -0.39 is 0 Å². The maximum absolute atomic E-state index is 12.1.